The van der Waals surface area contributed by atoms with Gasteiger partial charge in [0.15, 0.2) is 17.3 Å². The van der Waals surface area contributed by atoms with Crippen LogP contribution in [0.3, 0.4) is 0 Å². The summed E-state index contributed by atoms with van der Waals surface area (Å²) in [6, 6.07) is 15.6. The third-order valence-electron chi connectivity index (χ3n) is 3.78. The molecule has 0 radical (unpaired) electrons. The van der Waals surface area contributed by atoms with Crippen molar-refractivity contribution in [2.45, 2.75) is 13.2 Å². The molecule has 2 aromatic carbocycles. The summed E-state index contributed by atoms with van der Waals surface area (Å²) in [7, 11) is 1.47. The number of nitrogens with one attached hydrogen (secondary N) is 1. The van der Waals surface area contributed by atoms with Crippen LogP contribution >= 0.6 is 15.9 Å². The molecule has 140 valence electrons. The predicted molar refractivity (Wildman–Crippen MR) is 103 cm³/mol. The maximum Gasteiger partial charge on any atom is 0.287 e. The average Bonchev–Trinajstić information content (AvgIpc) is 3.16. The Kier molecular flexibility index (Phi) is 6.03. The highest BCUT2D eigenvalue weighted by Crippen LogP contribution is 2.26. The highest BCUT2D eigenvalue weighted by molar-refractivity contribution is 9.10. The minimum absolute atomic E-state index is 0.0500. The fourth-order valence-corrected chi connectivity index (χ4v) is 2.63. The number of halogens is 1. The first-order valence-corrected chi connectivity index (χ1v) is 8.95. The van der Waals surface area contributed by atoms with Gasteiger partial charge >= 0.3 is 0 Å². The molecular weight excluding hydrogens is 414 g/mol. The van der Waals surface area contributed by atoms with E-state index in [-0.39, 0.29) is 30.6 Å². The second-order valence-corrected chi connectivity index (χ2v) is 6.61. The molecule has 0 unspecified atom stereocenters. The zero-order chi connectivity index (χ0) is 19.2. The molecule has 3 aromatic rings. The van der Waals surface area contributed by atoms with E-state index in [1.165, 1.54) is 13.2 Å². The first kappa shape index (κ1) is 18.8. The van der Waals surface area contributed by atoms with E-state index in [1.54, 1.807) is 24.3 Å². The number of aromatic hydroxyl groups is 1. The topological polar surface area (TPSA) is 80.9 Å². The second kappa shape index (κ2) is 8.64. The molecule has 0 aliphatic carbocycles. The van der Waals surface area contributed by atoms with Crippen molar-refractivity contribution in [1.82, 2.24) is 5.32 Å². The molecule has 0 saturated carbocycles. The molecule has 0 aliphatic heterocycles. The summed E-state index contributed by atoms with van der Waals surface area (Å²) in [6.07, 6.45) is 0. The fourth-order valence-electron chi connectivity index (χ4n) is 2.36. The summed E-state index contributed by atoms with van der Waals surface area (Å²) >= 11 is 3.37. The Morgan fingerprint density at radius 2 is 1.93 bits per heavy atom. The number of rotatable bonds is 7. The molecular formula is C20H18BrNO5. The van der Waals surface area contributed by atoms with Crippen molar-refractivity contribution in [3.63, 3.8) is 0 Å². The Morgan fingerprint density at radius 1 is 1.15 bits per heavy atom. The van der Waals surface area contributed by atoms with Gasteiger partial charge in [-0.05, 0) is 54.1 Å². The fraction of sp³-hybridized carbons (Fsp3) is 0.150. The maximum atomic E-state index is 12.2. The van der Waals surface area contributed by atoms with E-state index in [9.17, 15) is 9.90 Å². The monoisotopic (exact) mass is 431 g/mol. The lowest BCUT2D eigenvalue weighted by molar-refractivity contribution is 0.0919. The van der Waals surface area contributed by atoms with E-state index < -0.39 is 0 Å². The Balaban J connectivity index is 1.54. The van der Waals surface area contributed by atoms with Gasteiger partial charge in [-0.15, -0.1) is 0 Å². The van der Waals surface area contributed by atoms with E-state index in [1.807, 2.05) is 24.3 Å². The van der Waals surface area contributed by atoms with Gasteiger partial charge in [-0.25, -0.2) is 0 Å². The highest BCUT2D eigenvalue weighted by Gasteiger charge is 2.12. The molecule has 0 bridgehead atoms. The Labute approximate surface area is 164 Å². The summed E-state index contributed by atoms with van der Waals surface area (Å²) in [5.41, 5.74) is 0.795. The van der Waals surface area contributed by atoms with Crippen LogP contribution in [0.4, 0.5) is 0 Å². The van der Waals surface area contributed by atoms with E-state index in [2.05, 4.69) is 21.2 Å². The SMILES string of the molecule is COc1cc(CNC(=O)c2ccc(COc3ccc(Br)cc3)o2)ccc1O. The first-order chi connectivity index (χ1) is 13.0. The molecule has 27 heavy (non-hydrogen) atoms. The number of hydrogen-bond acceptors (Lipinski definition) is 5. The maximum absolute atomic E-state index is 12.2. The zero-order valence-corrected chi connectivity index (χ0v) is 16.2. The van der Waals surface area contributed by atoms with E-state index >= 15 is 0 Å². The molecule has 3 rings (SSSR count). The molecule has 0 aliphatic rings. The van der Waals surface area contributed by atoms with Gasteiger partial charge in [-0.2, -0.15) is 0 Å². The van der Waals surface area contributed by atoms with Gasteiger partial charge in [-0.1, -0.05) is 22.0 Å². The molecule has 0 spiro atoms. The average molecular weight is 432 g/mol. The van der Waals surface area contributed by atoms with Crippen LogP contribution in [0.15, 0.2) is 63.5 Å². The molecule has 0 fully saturated rings. The van der Waals surface area contributed by atoms with Crippen molar-refractivity contribution < 1.29 is 23.8 Å². The van der Waals surface area contributed by atoms with Crippen molar-refractivity contribution in [2.24, 2.45) is 0 Å². The standard InChI is InChI=1S/C20H18BrNO5/c1-25-19-10-13(2-8-17(19)23)11-22-20(24)18-9-7-16(27-18)12-26-15-5-3-14(21)4-6-15/h2-10,23H,11-12H2,1H3,(H,22,24). The number of phenolic OH excluding ortho intramolecular Hbond substituents is 1. The molecule has 1 heterocycles. The van der Waals surface area contributed by atoms with Crippen molar-refractivity contribution in [3.05, 3.63) is 76.2 Å². The van der Waals surface area contributed by atoms with Gasteiger partial charge in [0.2, 0.25) is 0 Å². The summed E-state index contributed by atoms with van der Waals surface area (Å²) in [6.45, 7) is 0.505. The third kappa shape index (κ3) is 5.04. The molecule has 6 nitrogen and oxygen atoms in total. The number of amides is 1. The van der Waals surface area contributed by atoms with E-state index in [4.69, 9.17) is 13.9 Å². The van der Waals surface area contributed by atoms with Crippen LogP contribution < -0.4 is 14.8 Å². The lowest BCUT2D eigenvalue weighted by atomic mass is 10.2. The van der Waals surface area contributed by atoms with Crippen LogP contribution in [0.25, 0.3) is 0 Å². The summed E-state index contributed by atoms with van der Waals surface area (Å²) in [5, 5.41) is 12.4. The zero-order valence-electron chi connectivity index (χ0n) is 14.6. The van der Waals surface area contributed by atoms with Crippen LogP contribution in [-0.4, -0.2) is 18.1 Å². The van der Waals surface area contributed by atoms with Gasteiger partial charge < -0.3 is 24.3 Å². The summed E-state index contributed by atoms with van der Waals surface area (Å²) < 4.78 is 17.2. The largest absolute Gasteiger partial charge is 0.504 e. The summed E-state index contributed by atoms with van der Waals surface area (Å²) in [4.78, 5) is 12.2. The van der Waals surface area contributed by atoms with E-state index in [0.29, 0.717) is 17.3 Å². The van der Waals surface area contributed by atoms with Gasteiger partial charge in [-0.3, -0.25) is 4.79 Å². The molecule has 1 aromatic heterocycles. The number of carbonyl (C=O) groups is 1. The van der Waals surface area contributed by atoms with Crippen LogP contribution in [-0.2, 0) is 13.2 Å². The van der Waals surface area contributed by atoms with Crippen molar-refractivity contribution in [3.8, 4) is 17.2 Å². The van der Waals surface area contributed by atoms with Gasteiger partial charge in [0.05, 0.1) is 7.11 Å². The number of benzene rings is 2. The number of phenols is 1. The number of furan rings is 1. The highest BCUT2D eigenvalue weighted by atomic mass is 79.9. The predicted octanol–water partition coefficient (Wildman–Crippen LogP) is 4.27. The Bertz CT molecular complexity index is 920. The van der Waals surface area contributed by atoms with Crippen LogP contribution in [0, 0.1) is 0 Å². The van der Waals surface area contributed by atoms with E-state index in [0.717, 1.165) is 10.0 Å². The number of hydrogen-bond donors (Lipinski definition) is 2. The second-order valence-electron chi connectivity index (χ2n) is 5.70. The number of carbonyl (C=O) groups excluding carboxylic acids is 1. The third-order valence-corrected chi connectivity index (χ3v) is 4.31. The van der Waals surface area contributed by atoms with Crippen molar-refractivity contribution in [1.29, 1.82) is 0 Å². The van der Waals surface area contributed by atoms with Crippen molar-refractivity contribution >= 4 is 21.8 Å². The lowest BCUT2D eigenvalue weighted by Crippen LogP contribution is -2.22. The molecule has 0 saturated heterocycles. The molecule has 7 heteroatoms. The molecule has 1 amide bonds. The Morgan fingerprint density at radius 3 is 2.67 bits per heavy atom. The van der Waals surface area contributed by atoms with Crippen LogP contribution in [0.1, 0.15) is 21.9 Å². The Hall–Kier alpha value is -2.93. The molecule has 2 N–H and O–H groups in total. The smallest absolute Gasteiger partial charge is 0.287 e. The molecule has 0 atom stereocenters. The minimum atomic E-state index is -0.336. The van der Waals surface area contributed by atoms with Crippen molar-refractivity contribution in [2.75, 3.05) is 7.11 Å². The minimum Gasteiger partial charge on any atom is -0.504 e. The summed E-state index contributed by atoms with van der Waals surface area (Å²) in [5.74, 6) is 1.53. The van der Waals surface area contributed by atoms with Gasteiger partial charge in [0.1, 0.15) is 18.1 Å². The van der Waals surface area contributed by atoms with Crippen LogP contribution in [0.2, 0.25) is 0 Å². The lowest BCUT2D eigenvalue weighted by Gasteiger charge is -2.07. The van der Waals surface area contributed by atoms with Crippen LogP contribution in [0.5, 0.6) is 17.2 Å². The normalized spacial score (nSPS) is 10.4. The van der Waals surface area contributed by atoms with Gasteiger partial charge in [0, 0.05) is 11.0 Å². The quantitative estimate of drug-likeness (QED) is 0.583. The first-order valence-electron chi connectivity index (χ1n) is 8.16. The van der Waals surface area contributed by atoms with Gasteiger partial charge in [0.25, 0.3) is 5.91 Å². The number of methoxy groups -OCH3 is 1. The number of ether oxygens (including phenoxy) is 2.